The Bertz CT molecular complexity index is 1180. The van der Waals surface area contributed by atoms with Crippen molar-refractivity contribution < 1.29 is 22.7 Å². The average Bonchev–Trinajstić information content (AvgIpc) is 3.42. The summed E-state index contributed by atoms with van der Waals surface area (Å²) >= 11 is 0. The first-order valence-electron chi connectivity index (χ1n) is 9.33. The van der Waals surface area contributed by atoms with Gasteiger partial charge in [-0.15, -0.1) is 0 Å². The first-order valence-corrected chi connectivity index (χ1v) is 9.33. The number of ether oxygens (including phenoxy) is 1. The van der Waals surface area contributed by atoms with Gasteiger partial charge in [0.05, 0.1) is 35.8 Å². The van der Waals surface area contributed by atoms with Crippen LogP contribution >= 0.6 is 0 Å². The molecule has 0 amide bonds. The number of aromatic nitrogens is 4. The lowest BCUT2D eigenvalue weighted by molar-refractivity contribution is -0.137. The van der Waals surface area contributed by atoms with Crippen LogP contribution in [0.3, 0.4) is 0 Å². The molecule has 2 heterocycles. The fourth-order valence-electron chi connectivity index (χ4n) is 2.97. The van der Waals surface area contributed by atoms with Crippen molar-refractivity contribution in [1.82, 2.24) is 19.7 Å². The highest BCUT2D eigenvalue weighted by atomic mass is 19.4. The van der Waals surface area contributed by atoms with E-state index in [1.54, 1.807) is 6.07 Å². The molecule has 0 saturated carbocycles. The molecule has 0 bridgehead atoms. The average molecular weight is 426 g/mol. The van der Waals surface area contributed by atoms with Crippen LogP contribution in [0.4, 0.5) is 13.2 Å². The molecule has 0 aliphatic carbocycles. The monoisotopic (exact) mass is 426 g/mol. The molecule has 6 nitrogen and oxygen atoms in total. The first-order chi connectivity index (χ1) is 14.9. The van der Waals surface area contributed by atoms with Gasteiger partial charge < -0.3 is 9.72 Å². The number of benzene rings is 2. The predicted octanol–water partition coefficient (Wildman–Crippen LogP) is 4.70. The summed E-state index contributed by atoms with van der Waals surface area (Å²) in [5.74, 6) is -0.0149. The normalized spacial score (nSPS) is 11.5. The molecular weight excluding hydrogens is 409 g/mol. The molecule has 0 aliphatic rings. The number of hydrogen-bond acceptors (Lipinski definition) is 4. The van der Waals surface area contributed by atoms with Gasteiger partial charge in [-0.05, 0) is 17.7 Å². The summed E-state index contributed by atoms with van der Waals surface area (Å²) < 4.78 is 45.5. The molecule has 4 rings (SSSR count). The maximum atomic E-state index is 12.9. The predicted molar refractivity (Wildman–Crippen MR) is 106 cm³/mol. The van der Waals surface area contributed by atoms with Crippen molar-refractivity contribution in [2.75, 3.05) is 0 Å². The van der Waals surface area contributed by atoms with Gasteiger partial charge in [-0.1, -0.05) is 42.5 Å². The minimum absolute atomic E-state index is 0.156. The van der Waals surface area contributed by atoms with E-state index in [9.17, 15) is 18.0 Å². The van der Waals surface area contributed by atoms with E-state index in [1.807, 2.05) is 30.3 Å². The summed E-state index contributed by atoms with van der Waals surface area (Å²) in [6.45, 7) is 0.369. The number of aromatic amines is 1. The highest BCUT2D eigenvalue weighted by Crippen LogP contribution is 2.31. The van der Waals surface area contributed by atoms with Crippen LogP contribution in [-0.2, 0) is 24.1 Å². The quantitative estimate of drug-likeness (QED) is 0.454. The molecule has 0 atom stereocenters. The number of alkyl halides is 3. The van der Waals surface area contributed by atoms with E-state index in [4.69, 9.17) is 4.74 Å². The van der Waals surface area contributed by atoms with Crippen molar-refractivity contribution >= 4 is 5.97 Å². The van der Waals surface area contributed by atoms with Gasteiger partial charge in [0.15, 0.2) is 0 Å². The molecule has 0 unspecified atom stereocenters. The number of nitrogens with one attached hydrogen (secondary N) is 1. The van der Waals surface area contributed by atoms with Gasteiger partial charge in [0.25, 0.3) is 0 Å². The largest absolute Gasteiger partial charge is 0.457 e. The number of rotatable bonds is 6. The lowest BCUT2D eigenvalue weighted by Gasteiger charge is -2.07. The van der Waals surface area contributed by atoms with Gasteiger partial charge in [0, 0.05) is 11.8 Å². The number of carbonyl (C=O) groups excluding carboxylic acids is 1. The minimum Gasteiger partial charge on any atom is -0.457 e. The molecule has 0 fully saturated rings. The van der Waals surface area contributed by atoms with Crippen LogP contribution in [0.15, 0.2) is 73.2 Å². The Balaban J connectivity index is 1.40. The third kappa shape index (κ3) is 5.00. The second kappa shape index (κ2) is 8.47. The van der Waals surface area contributed by atoms with Gasteiger partial charge in [-0.25, -0.2) is 9.78 Å². The highest BCUT2D eigenvalue weighted by molar-refractivity contribution is 5.88. The number of halogens is 3. The molecule has 0 saturated heterocycles. The highest BCUT2D eigenvalue weighted by Gasteiger charge is 2.30. The summed E-state index contributed by atoms with van der Waals surface area (Å²) in [6.07, 6.45) is -0.0351. The molecule has 31 heavy (non-hydrogen) atoms. The standard InChI is InChI=1S/C22H17F3N4O2/c23-22(24,25)18-8-4-7-16(9-18)19-11-26-20(28-19)13-29-12-17(10-27-29)21(30)31-14-15-5-2-1-3-6-15/h1-12H,13-14H2,(H,26,28). The zero-order valence-corrected chi connectivity index (χ0v) is 16.1. The van der Waals surface area contributed by atoms with E-state index in [-0.39, 0.29) is 13.2 Å². The Hall–Kier alpha value is -3.88. The van der Waals surface area contributed by atoms with Gasteiger partial charge >= 0.3 is 12.1 Å². The van der Waals surface area contributed by atoms with Crippen molar-refractivity contribution in [3.63, 3.8) is 0 Å². The molecule has 2 aromatic heterocycles. The topological polar surface area (TPSA) is 72.8 Å². The third-order valence-electron chi connectivity index (χ3n) is 4.52. The van der Waals surface area contributed by atoms with E-state index in [0.29, 0.717) is 22.6 Å². The molecule has 0 aliphatic heterocycles. The van der Waals surface area contributed by atoms with E-state index in [0.717, 1.165) is 17.7 Å². The van der Waals surface area contributed by atoms with Gasteiger partial charge in [-0.2, -0.15) is 18.3 Å². The van der Waals surface area contributed by atoms with Crippen LogP contribution in [0.1, 0.15) is 27.3 Å². The van der Waals surface area contributed by atoms with Gasteiger partial charge in [0.2, 0.25) is 0 Å². The molecule has 0 spiro atoms. The first kappa shape index (κ1) is 20.4. The van der Waals surface area contributed by atoms with Crippen molar-refractivity contribution in [2.24, 2.45) is 0 Å². The number of H-pyrrole nitrogens is 1. The Morgan fingerprint density at radius 3 is 2.65 bits per heavy atom. The third-order valence-corrected chi connectivity index (χ3v) is 4.52. The molecule has 0 radical (unpaired) electrons. The van der Waals surface area contributed by atoms with Crippen LogP contribution in [0, 0.1) is 0 Å². The van der Waals surface area contributed by atoms with Gasteiger partial charge in [-0.3, -0.25) is 4.68 Å². The Morgan fingerprint density at radius 1 is 1.06 bits per heavy atom. The number of nitrogens with zero attached hydrogens (tertiary/aromatic N) is 3. The Morgan fingerprint density at radius 2 is 1.87 bits per heavy atom. The van der Waals surface area contributed by atoms with E-state index in [2.05, 4.69) is 15.1 Å². The second-order valence-electron chi connectivity index (χ2n) is 6.81. The molecule has 158 valence electrons. The maximum Gasteiger partial charge on any atom is 0.416 e. The van der Waals surface area contributed by atoms with Crippen LogP contribution in [0.25, 0.3) is 11.3 Å². The fourth-order valence-corrected chi connectivity index (χ4v) is 2.97. The van der Waals surface area contributed by atoms with Crippen LogP contribution in [0.5, 0.6) is 0 Å². The summed E-state index contributed by atoms with van der Waals surface area (Å²) in [7, 11) is 0. The van der Waals surface area contributed by atoms with Gasteiger partial charge in [0.1, 0.15) is 12.4 Å². The second-order valence-corrected chi connectivity index (χ2v) is 6.81. The van der Waals surface area contributed by atoms with Crippen LogP contribution in [-0.4, -0.2) is 25.7 Å². The zero-order chi connectivity index (χ0) is 21.8. The van der Waals surface area contributed by atoms with E-state index in [1.165, 1.54) is 29.3 Å². The van der Waals surface area contributed by atoms with Crippen molar-refractivity contribution in [2.45, 2.75) is 19.3 Å². The Kier molecular flexibility index (Phi) is 5.57. The zero-order valence-electron chi connectivity index (χ0n) is 16.1. The lowest BCUT2D eigenvalue weighted by Crippen LogP contribution is -2.05. The van der Waals surface area contributed by atoms with E-state index >= 15 is 0 Å². The Labute approximate surface area is 175 Å². The van der Waals surface area contributed by atoms with Crippen molar-refractivity contribution in [3.05, 3.63) is 95.7 Å². The van der Waals surface area contributed by atoms with Crippen LogP contribution in [0.2, 0.25) is 0 Å². The molecule has 2 aromatic carbocycles. The minimum atomic E-state index is -4.42. The molecule has 9 heteroatoms. The SMILES string of the molecule is O=C(OCc1ccccc1)c1cnn(Cc2ncc(-c3cccc(C(F)(F)F)c3)[nH]2)c1. The maximum absolute atomic E-state index is 12.9. The van der Waals surface area contributed by atoms with Crippen molar-refractivity contribution in [3.8, 4) is 11.3 Å². The molecule has 1 N–H and O–H groups in total. The van der Waals surface area contributed by atoms with E-state index < -0.39 is 17.7 Å². The fraction of sp³-hybridized carbons (Fsp3) is 0.136. The smallest absolute Gasteiger partial charge is 0.416 e. The number of carbonyl (C=O) groups is 1. The summed E-state index contributed by atoms with van der Waals surface area (Å²) in [4.78, 5) is 19.4. The summed E-state index contributed by atoms with van der Waals surface area (Å²) in [6, 6.07) is 14.3. The number of esters is 1. The number of hydrogen-bond donors (Lipinski definition) is 1. The number of imidazole rings is 1. The lowest BCUT2D eigenvalue weighted by atomic mass is 10.1. The van der Waals surface area contributed by atoms with Crippen molar-refractivity contribution in [1.29, 1.82) is 0 Å². The molecular formula is C22H17F3N4O2. The molecule has 4 aromatic rings. The summed E-state index contributed by atoms with van der Waals surface area (Å²) in [5.41, 5.74) is 1.27. The summed E-state index contributed by atoms with van der Waals surface area (Å²) in [5, 5.41) is 4.12. The van der Waals surface area contributed by atoms with Crippen LogP contribution < -0.4 is 0 Å².